The van der Waals surface area contributed by atoms with Crippen molar-refractivity contribution in [2.45, 2.75) is 31.6 Å². The Labute approximate surface area is 172 Å². The number of rotatable bonds is 8. The van der Waals surface area contributed by atoms with E-state index in [2.05, 4.69) is 5.32 Å². The molecule has 0 aliphatic carbocycles. The lowest BCUT2D eigenvalue weighted by Crippen LogP contribution is -2.36. The molecule has 0 radical (unpaired) electrons. The molecule has 9 heteroatoms. The molecule has 1 amide bonds. The molecular weight excluding hydrogens is 410 g/mol. The van der Waals surface area contributed by atoms with Gasteiger partial charge in [-0.15, -0.1) is 0 Å². The summed E-state index contributed by atoms with van der Waals surface area (Å²) in [4.78, 5) is 13.9. The highest BCUT2D eigenvalue weighted by Gasteiger charge is 2.39. The molecule has 1 N–H and O–H groups in total. The van der Waals surface area contributed by atoms with Crippen LogP contribution in [0.1, 0.15) is 41.3 Å². The third kappa shape index (κ3) is 7.05. The molecule has 0 aromatic heterocycles. The van der Waals surface area contributed by atoms with Gasteiger partial charge in [0.05, 0.1) is 23.4 Å². The van der Waals surface area contributed by atoms with Crippen molar-refractivity contribution in [1.82, 2.24) is 10.2 Å². The molecule has 0 atom stereocenters. The van der Waals surface area contributed by atoms with Crippen molar-refractivity contribution in [3.63, 3.8) is 0 Å². The highest BCUT2D eigenvalue weighted by atomic mass is 19.4. The maximum Gasteiger partial charge on any atom is 0.417 e. The van der Waals surface area contributed by atoms with Crippen LogP contribution in [0.2, 0.25) is 0 Å². The molecule has 0 heterocycles. The highest BCUT2D eigenvalue weighted by Crippen LogP contribution is 2.37. The lowest BCUT2D eigenvalue weighted by Gasteiger charge is -2.19. The number of unbranched alkanes of at least 4 members (excludes halogenated alkanes) is 1. The first-order valence-electron chi connectivity index (χ1n) is 9.27. The van der Waals surface area contributed by atoms with E-state index in [-0.39, 0.29) is 14.2 Å². The van der Waals surface area contributed by atoms with Crippen LogP contribution in [0, 0.1) is 0 Å². The van der Waals surface area contributed by atoms with Gasteiger partial charge in [0.25, 0.3) is 5.91 Å². The average molecular weight is 434 g/mol. The third-order valence-corrected chi connectivity index (χ3v) is 4.50. The normalized spacial score (nSPS) is 12.3. The van der Waals surface area contributed by atoms with E-state index in [1.807, 2.05) is 30.3 Å². The zero-order valence-corrected chi connectivity index (χ0v) is 16.3. The summed E-state index contributed by atoms with van der Waals surface area (Å²) < 4.78 is 77.7. The van der Waals surface area contributed by atoms with Crippen LogP contribution < -0.4 is 5.32 Å². The monoisotopic (exact) mass is 434 g/mol. The van der Waals surface area contributed by atoms with Crippen LogP contribution in [0.25, 0.3) is 0 Å². The van der Waals surface area contributed by atoms with Gasteiger partial charge in [-0.05, 0) is 56.6 Å². The number of hydrogen-bond acceptors (Lipinski definition) is 2. The van der Waals surface area contributed by atoms with Gasteiger partial charge in [0.15, 0.2) is 0 Å². The van der Waals surface area contributed by atoms with E-state index in [0.717, 1.165) is 19.3 Å². The smallest absolute Gasteiger partial charge is 0.339 e. The Morgan fingerprint density at radius 3 is 2.23 bits per heavy atom. The highest BCUT2D eigenvalue weighted by molar-refractivity contribution is 5.96. The zero-order valence-electron chi connectivity index (χ0n) is 16.3. The van der Waals surface area contributed by atoms with Crippen molar-refractivity contribution < 1.29 is 32.6 Å². The van der Waals surface area contributed by atoms with Crippen molar-refractivity contribution in [3.05, 3.63) is 70.8 Å². The van der Waals surface area contributed by atoms with E-state index in [1.165, 1.54) is 5.56 Å². The predicted molar refractivity (Wildman–Crippen MR) is 103 cm³/mol. The van der Waals surface area contributed by atoms with Crippen LogP contribution in [0.5, 0.6) is 0 Å². The van der Waals surface area contributed by atoms with Gasteiger partial charge in [-0.3, -0.25) is 9.69 Å². The van der Waals surface area contributed by atoms with Gasteiger partial charge in [-0.25, -0.2) is 0 Å². The molecule has 0 fully saturated rings. The molecular formula is C21H24F6N2O. The molecule has 2 aromatic rings. The first-order chi connectivity index (χ1) is 14.0. The number of alkyl halides is 6. The summed E-state index contributed by atoms with van der Waals surface area (Å²) in [6, 6.07) is 10.9. The Morgan fingerprint density at radius 1 is 0.967 bits per heavy atom. The van der Waals surface area contributed by atoms with Gasteiger partial charge in [0, 0.05) is 1.43 Å². The van der Waals surface area contributed by atoms with Gasteiger partial charge in [0.1, 0.15) is 0 Å². The molecule has 2 aromatic carbocycles. The minimum Gasteiger partial charge on any atom is -0.339 e. The summed E-state index contributed by atoms with van der Waals surface area (Å²) in [6.45, 7) is 0.578. The summed E-state index contributed by atoms with van der Waals surface area (Å²) in [7, 11) is 1.69. The minimum atomic E-state index is -5.09. The summed E-state index contributed by atoms with van der Waals surface area (Å²) in [5, 5.41) is 2.33. The topological polar surface area (TPSA) is 32.3 Å². The number of halogens is 6. The second kappa shape index (κ2) is 9.97. The van der Waals surface area contributed by atoms with Crippen LogP contribution in [0.15, 0.2) is 48.5 Å². The number of aryl methyl sites for hydroxylation is 1. The largest absolute Gasteiger partial charge is 0.417 e. The molecule has 0 saturated heterocycles. The molecule has 0 saturated carbocycles. The van der Waals surface area contributed by atoms with E-state index in [4.69, 9.17) is 0 Å². The standard InChI is InChI=1S/C21H22F6N2O.H2/c1-29(12-6-5-9-15-7-3-2-4-8-15)14-28-19(30)17-11-10-16(20(22,23)24)13-18(17)21(25,26)27;/h2-4,7-8,10-11,13H,5-6,9,12,14H2,1H3,(H,28,30);1H. The number of carbonyl (C=O) groups excluding carboxylic acids is 1. The van der Waals surface area contributed by atoms with Crippen LogP contribution >= 0.6 is 0 Å². The SMILES string of the molecule is CN(CCCCc1ccccc1)CNC(=O)c1ccc(C(F)(F)F)cc1C(F)(F)F.[HH]. The maximum atomic E-state index is 13.2. The van der Waals surface area contributed by atoms with Gasteiger partial charge < -0.3 is 5.32 Å². The van der Waals surface area contributed by atoms with E-state index >= 15 is 0 Å². The fourth-order valence-electron chi connectivity index (χ4n) is 2.89. The Bertz CT molecular complexity index is 840. The van der Waals surface area contributed by atoms with Crippen molar-refractivity contribution in [3.8, 4) is 0 Å². The molecule has 0 unspecified atom stereocenters. The number of carbonyl (C=O) groups is 1. The van der Waals surface area contributed by atoms with Gasteiger partial charge in [-0.1, -0.05) is 30.3 Å². The van der Waals surface area contributed by atoms with E-state index < -0.39 is 35.0 Å². The van der Waals surface area contributed by atoms with Crippen LogP contribution in [0.4, 0.5) is 26.3 Å². The lowest BCUT2D eigenvalue weighted by molar-refractivity contribution is -0.143. The second-order valence-corrected chi connectivity index (χ2v) is 6.94. The number of benzene rings is 2. The van der Waals surface area contributed by atoms with Gasteiger partial charge >= 0.3 is 12.4 Å². The van der Waals surface area contributed by atoms with Crippen molar-refractivity contribution in [2.75, 3.05) is 20.3 Å². The summed E-state index contributed by atoms with van der Waals surface area (Å²) in [6.07, 6.45) is -7.41. The van der Waals surface area contributed by atoms with Crippen molar-refractivity contribution >= 4 is 5.91 Å². The van der Waals surface area contributed by atoms with Crippen LogP contribution in [-0.2, 0) is 18.8 Å². The summed E-state index contributed by atoms with van der Waals surface area (Å²) >= 11 is 0. The van der Waals surface area contributed by atoms with Crippen LogP contribution in [0.3, 0.4) is 0 Å². The first kappa shape index (κ1) is 23.7. The van der Waals surface area contributed by atoms with E-state index in [1.54, 1.807) is 11.9 Å². The van der Waals surface area contributed by atoms with Crippen LogP contribution in [-0.4, -0.2) is 31.1 Å². The van der Waals surface area contributed by atoms with Crippen molar-refractivity contribution in [1.29, 1.82) is 0 Å². The first-order valence-corrected chi connectivity index (χ1v) is 9.27. The van der Waals surface area contributed by atoms with Gasteiger partial charge in [0.2, 0.25) is 0 Å². The molecule has 0 aliphatic rings. The number of nitrogens with one attached hydrogen (secondary N) is 1. The van der Waals surface area contributed by atoms with Gasteiger partial charge in [-0.2, -0.15) is 26.3 Å². The lowest BCUT2D eigenvalue weighted by atomic mass is 10.0. The van der Waals surface area contributed by atoms with Crippen molar-refractivity contribution in [2.24, 2.45) is 0 Å². The number of hydrogen-bond donors (Lipinski definition) is 1. The summed E-state index contributed by atoms with van der Waals surface area (Å²) in [5.74, 6) is -1.08. The van der Waals surface area contributed by atoms with E-state index in [9.17, 15) is 31.1 Å². The Hall–Kier alpha value is -2.55. The molecule has 166 valence electrons. The Kier molecular flexibility index (Phi) is 7.89. The molecule has 0 bridgehead atoms. The minimum absolute atomic E-state index is 0. The second-order valence-electron chi connectivity index (χ2n) is 6.94. The maximum absolute atomic E-state index is 13.2. The molecule has 0 spiro atoms. The Morgan fingerprint density at radius 2 is 1.63 bits per heavy atom. The molecule has 3 nitrogen and oxygen atoms in total. The Balaban J connectivity index is 0.00000480. The third-order valence-electron chi connectivity index (χ3n) is 4.50. The molecule has 0 aliphatic heterocycles. The summed E-state index contributed by atoms with van der Waals surface area (Å²) in [5.41, 5.74) is -2.70. The molecule has 30 heavy (non-hydrogen) atoms. The number of nitrogens with zero attached hydrogens (tertiary/aromatic N) is 1. The predicted octanol–water partition coefficient (Wildman–Crippen LogP) is 5.61. The average Bonchev–Trinajstić information content (AvgIpc) is 2.68. The zero-order chi connectivity index (χ0) is 22.4. The fraction of sp³-hybridized carbons (Fsp3) is 0.381. The number of amides is 1. The quantitative estimate of drug-likeness (QED) is 0.333. The fourth-order valence-corrected chi connectivity index (χ4v) is 2.89. The molecule has 2 rings (SSSR count). The van der Waals surface area contributed by atoms with E-state index in [0.29, 0.717) is 18.7 Å².